The van der Waals surface area contributed by atoms with Crippen molar-refractivity contribution >= 4 is 0 Å². The summed E-state index contributed by atoms with van der Waals surface area (Å²) in [5.41, 5.74) is 7.60. The molecular weight excluding hydrogens is 229 g/mol. The summed E-state index contributed by atoms with van der Waals surface area (Å²) in [6.45, 7) is 1.03. The molecule has 0 atom stereocenters. The van der Waals surface area contributed by atoms with Crippen molar-refractivity contribution in [1.82, 2.24) is 0 Å². The topological polar surface area (TPSA) is 35.2 Å². The molecule has 0 saturated carbocycles. The van der Waals surface area contributed by atoms with Gasteiger partial charge in [0.1, 0.15) is 18.2 Å². The van der Waals surface area contributed by atoms with Crippen LogP contribution in [0.5, 0.6) is 5.75 Å². The molecular formula is C15H16FNO. The van der Waals surface area contributed by atoms with Crippen molar-refractivity contribution in [2.24, 2.45) is 5.73 Å². The molecule has 94 valence electrons. The fourth-order valence-electron chi connectivity index (χ4n) is 1.75. The summed E-state index contributed by atoms with van der Waals surface area (Å²) in [6.07, 6.45) is 0.791. The maximum absolute atomic E-state index is 12.8. The number of para-hydroxylation sites is 1. The minimum absolute atomic E-state index is 0.234. The van der Waals surface area contributed by atoms with Gasteiger partial charge in [0.15, 0.2) is 0 Å². The molecule has 0 bridgehead atoms. The van der Waals surface area contributed by atoms with Crippen molar-refractivity contribution in [3.05, 3.63) is 65.5 Å². The summed E-state index contributed by atoms with van der Waals surface area (Å²) >= 11 is 0. The number of ether oxygens (including phenoxy) is 1. The van der Waals surface area contributed by atoms with E-state index in [0.29, 0.717) is 13.2 Å². The van der Waals surface area contributed by atoms with E-state index in [2.05, 4.69) is 0 Å². The number of hydrogen-bond acceptors (Lipinski definition) is 2. The molecule has 18 heavy (non-hydrogen) atoms. The lowest BCUT2D eigenvalue weighted by molar-refractivity contribution is 0.303. The molecule has 2 N–H and O–H groups in total. The van der Waals surface area contributed by atoms with Crippen molar-refractivity contribution in [2.75, 3.05) is 6.54 Å². The minimum atomic E-state index is -0.234. The van der Waals surface area contributed by atoms with Gasteiger partial charge in [-0.3, -0.25) is 0 Å². The Morgan fingerprint density at radius 1 is 1.00 bits per heavy atom. The van der Waals surface area contributed by atoms with Gasteiger partial charge in [0.05, 0.1) is 0 Å². The van der Waals surface area contributed by atoms with E-state index >= 15 is 0 Å². The van der Waals surface area contributed by atoms with E-state index in [4.69, 9.17) is 10.5 Å². The molecule has 0 radical (unpaired) electrons. The Bertz CT molecular complexity index is 496. The van der Waals surface area contributed by atoms with E-state index in [9.17, 15) is 4.39 Å². The molecule has 0 saturated heterocycles. The van der Waals surface area contributed by atoms with Gasteiger partial charge in [-0.05, 0) is 42.3 Å². The standard InChI is InChI=1S/C15H16FNO/c16-14-7-5-12(6-8-14)11-18-15-4-2-1-3-13(15)9-10-17/h1-8H,9-11,17H2. The Morgan fingerprint density at radius 3 is 2.44 bits per heavy atom. The smallest absolute Gasteiger partial charge is 0.123 e. The fraction of sp³-hybridized carbons (Fsp3) is 0.200. The maximum atomic E-state index is 12.8. The van der Waals surface area contributed by atoms with Crippen LogP contribution in [0.2, 0.25) is 0 Å². The second-order valence-electron chi connectivity index (χ2n) is 4.06. The molecule has 2 rings (SSSR count). The summed E-state index contributed by atoms with van der Waals surface area (Å²) in [7, 11) is 0. The number of hydrogen-bond donors (Lipinski definition) is 1. The maximum Gasteiger partial charge on any atom is 0.123 e. The van der Waals surface area contributed by atoms with Crippen LogP contribution in [0.25, 0.3) is 0 Å². The van der Waals surface area contributed by atoms with Gasteiger partial charge in [-0.1, -0.05) is 30.3 Å². The highest BCUT2D eigenvalue weighted by Crippen LogP contribution is 2.19. The first-order chi connectivity index (χ1) is 8.79. The molecule has 3 heteroatoms. The highest BCUT2D eigenvalue weighted by atomic mass is 19.1. The summed E-state index contributed by atoms with van der Waals surface area (Å²) in [4.78, 5) is 0. The van der Waals surface area contributed by atoms with Gasteiger partial charge < -0.3 is 10.5 Å². The summed E-state index contributed by atoms with van der Waals surface area (Å²) in [6, 6.07) is 14.1. The van der Waals surface area contributed by atoms with Crippen molar-refractivity contribution < 1.29 is 9.13 Å². The Morgan fingerprint density at radius 2 is 1.72 bits per heavy atom. The molecule has 0 aliphatic heterocycles. The van der Waals surface area contributed by atoms with E-state index in [0.717, 1.165) is 23.3 Å². The lowest BCUT2D eigenvalue weighted by Crippen LogP contribution is -2.05. The van der Waals surface area contributed by atoms with Crippen LogP contribution in [0.3, 0.4) is 0 Å². The Labute approximate surface area is 106 Å². The van der Waals surface area contributed by atoms with E-state index in [-0.39, 0.29) is 5.82 Å². The molecule has 2 aromatic carbocycles. The Kier molecular flexibility index (Phi) is 4.31. The quantitative estimate of drug-likeness (QED) is 0.879. The summed E-state index contributed by atoms with van der Waals surface area (Å²) in [5.74, 6) is 0.606. The lowest BCUT2D eigenvalue weighted by Gasteiger charge is -2.10. The van der Waals surface area contributed by atoms with Crippen molar-refractivity contribution in [1.29, 1.82) is 0 Å². The summed E-state index contributed by atoms with van der Waals surface area (Å²) in [5, 5.41) is 0. The third kappa shape index (κ3) is 3.31. The molecule has 0 unspecified atom stereocenters. The number of halogens is 1. The van der Waals surface area contributed by atoms with Crippen LogP contribution in [-0.2, 0) is 13.0 Å². The number of benzene rings is 2. The third-order valence-electron chi connectivity index (χ3n) is 2.69. The predicted octanol–water partition coefficient (Wildman–Crippen LogP) is 2.91. The molecule has 0 aliphatic rings. The molecule has 0 heterocycles. The zero-order valence-electron chi connectivity index (χ0n) is 10.1. The zero-order valence-corrected chi connectivity index (χ0v) is 10.1. The number of nitrogens with two attached hydrogens (primary N) is 1. The molecule has 0 fully saturated rings. The Hall–Kier alpha value is -1.87. The van der Waals surface area contributed by atoms with Crippen LogP contribution in [0.4, 0.5) is 4.39 Å². The van der Waals surface area contributed by atoms with E-state index < -0.39 is 0 Å². The van der Waals surface area contributed by atoms with E-state index in [1.165, 1.54) is 12.1 Å². The first kappa shape index (κ1) is 12.6. The van der Waals surface area contributed by atoms with Gasteiger partial charge in [0, 0.05) is 0 Å². The highest BCUT2D eigenvalue weighted by molar-refractivity contribution is 5.33. The van der Waals surface area contributed by atoms with Crippen LogP contribution in [0, 0.1) is 5.82 Å². The normalized spacial score (nSPS) is 10.3. The van der Waals surface area contributed by atoms with Crippen LogP contribution >= 0.6 is 0 Å². The third-order valence-corrected chi connectivity index (χ3v) is 2.69. The SMILES string of the molecule is NCCc1ccccc1OCc1ccc(F)cc1. The first-order valence-electron chi connectivity index (χ1n) is 5.95. The molecule has 0 spiro atoms. The van der Waals surface area contributed by atoms with E-state index in [1.54, 1.807) is 12.1 Å². The van der Waals surface area contributed by atoms with Gasteiger partial charge in [0.25, 0.3) is 0 Å². The largest absolute Gasteiger partial charge is 0.489 e. The van der Waals surface area contributed by atoms with Gasteiger partial charge in [-0.25, -0.2) is 4.39 Å². The zero-order chi connectivity index (χ0) is 12.8. The van der Waals surface area contributed by atoms with Gasteiger partial charge >= 0.3 is 0 Å². The van der Waals surface area contributed by atoms with Crippen LogP contribution in [0.1, 0.15) is 11.1 Å². The predicted molar refractivity (Wildman–Crippen MR) is 69.9 cm³/mol. The van der Waals surface area contributed by atoms with Crippen LogP contribution in [-0.4, -0.2) is 6.54 Å². The van der Waals surface area contributed by atoms with E-state index in [1.807, 2.05) is 24.3 Å². The molecule has 2 nitrogen and oxygen atoms in total. The van der Waals surface area contributed by atoms with Crippen molar-refractivity contribution in [2.45, 2.75) is 13.0 Å². The average molecular weight is 245 g/mol. The molecule has 2 aromatic rings. The second-order valence-corrected chi connectivity index (χ2v) is 4.06. The van der Waals surface area contributed by atoms with Crippen LogP contribution < -0.4 is 10.5 Å². The van der Waals surface area contributed by atoms with Crippen molar-refractivity contribution in [3.63, 3.8) is 0 Å². The monoisotopic (exact) mass is 245 g/mol. The minimum Gasteiger partial charge on any atom is -0.489 e. The van der Waals surface area contributed by atoms with Gasteiger partial charge in [0.2, 0.25) is 0 Å². The number of rotatable bonds is 5. The first-order valence-corrected chi connectivity index (χ1v) is 5.95. The van der Waals surface area contributed by atoms with Gasteiger partial charge in [-0.15, -0.1) is 0 Å². The lowest BCUT2D eigenvalue weighted by atomic mass is 10.1. The average Bonchev–Trinajstić information content (AvgIpc) is 2.40. The van der Waals surface area contributed by atoms with Gasteiger partial charge in [-0.2, -0.15) is 0 Å². The molecule has 0 aromatic heterocycles. The fourth-order valence-corrected chi connectivity index (χ4v) is 1.75. The Balaban J connectivity index is 2.03. The second kappa shape index (κ2) is 6.17. The summed E-state index contributed by atoms with van der Waals surface area (Å²) < 4.78 is 18.5. The molecule has 0 amide bonds. The highest BCUT2D eigenvalue weighted by Gasteiger charge is 2.02. The molecule has 0 aliphatic carbocycles. The van der Waals surface area contributed by atoms with Crippen LogP contribution in [0.15, 0.2) is 48.5 Å². The van der Waals surface area contributed by atoms with Crippen molar-refractivity contribution in [3.8, 4) is 5.75 Å².